The molecular weight excluding hydrogens is 750 g/mol. The Morgan fingerprint density at radius 2 is 1.79 bits per heavy atom. The Hall–Kier alpha value is -5.37. The van der Waals surface area contributed by atoms with Gasteiger partial charge < -0.3 is 24.2 Å². The van der Waals surface area contributed by atoms with Gasteiger partial charge in [-0.3, -0.25) is 23.9 Å². The zero-order chi connectivity index (χ0) is 39.1. The number of hydrogen-bond acceptors (Lipinski definition) is 9. The van der Waals surface area contributed by atoms with Crippen molar-refractivity contribution in [1.29, 1.82) is 0 Å². The van der Waals surface area contributed by atoms with Crippen LogP contribution in [0.4, 0.5) is 0 Å². The van der Waals surface area contributed by atoms with Crippen LogP contribution >= 0.6 is 22.9 Å². The number of carbonyl (C=O) groups is 2. The van der Waals surface area contributed by atoms with Gasteiger partial charge in [-0.25, -0.2) is 9.97 Å². The summed E-state index contributed by atoms with van der Waals surface area (Å²) in [5, 5.41) is 13.4. The highest BCUT2D eigenvalue weighted by Gasteiger charge is 2.42. The highest BCUT2D eigenvalue weighted by atomic mass is 35.5. The second-order valence-electron chi connectivity index (χ2n) is 14.8. The van der Waals surface area contributed by atoms with E-state index in [-0.39, 0.29) is 35.8 Å². The van der Waals surface area contributed by atoms with Crippen LogP contribution < -0.4 is 10.3 Å². The van der Waals surface area contributed by atoms with Crippen molar-refractivity contribution >= 4 is 45.8 Å². The van der Waals surface area contributed by atoms with Gasteiger partial charge in [-0.05, 0) is 69.0 Å². The summed E-state index contributed by atoms with van der Waals surface area (Å²) < 4.78 is 8.61. The fraction of sp³-hybridized carbons (Fsp3) is 0.333. The van der Waals surface area contributed by atoms with Gasteiger partial charge in [0.25, 0.3) is 11.5 Å². The van der Waals surface area contributed by atoms with E-state index in [2.05, 4.69) is 9.97 Å². The number of hydrogen-bond donors (Lipinski definition) is 1. The molecule has 4 aromatic heterocycles. The number of methoxy groups -OCH3 is 1. The summed E-state index contributed by atoms with van der Waals surface area (Å²) in [7, 11) is 1.54. The highest BCUT2D eigenvalue weighted by Crippen LogP contribution is 2.37. The summed E-state index contributed by atoms with van der Waals surface area (Å²) in [4.78, 5) is 59.9. The minimum absolute atomic E-state index is 0.0246. The number of aliphatic hydroxyl groups is 1. The van der Waals surface area contributed by atoms with Crippen molar-refractivity contribution in [2.45, 2.75) is 51.2 Å². The standard InChI is InChI=1S/C42H42ClN7O5S/c1-26-9-10-29(22-44-26)38-46-27(2)36(56-38)41(53)48-17-13-31(33(23-48)28-7-5-4-6-8-28)39(51)47-19-15-42(54,16-20-47)24-49-25-45-37-32(40(49)52)14-18-50(37)30-11-12-34(43)35(21-30)55-3/h4-12,14,18,21-22,25,31,33,54H,13,15-17,19-20,23-24H2,1-3H3/t31-,33+/m1/s1. The maximum Gasteiger partial charge on any atom is 0.265 e. The third kappa shape index (κ3) is 7.22. The number of carbonyl (C=O) groups excluding carboxylic acids is 2. The Kier molecular flexibility index (Phi) is 10.2. The predicted octanol–water partition coefficient (Wildman–Crippen LogP) is 6.28. The molecular formula is C42H42ClN7O5S. The lowest BCUT2D eigenvalue weighted by atomic mass is 9.79. The number of pyridine rings is 1. The summed E-state index contributed by atoms with van der Waals surface area (Å²) in [5.74, 6) is -0.0739. The molecule has 0 bridgehead atoms. The second-order valence-corrected chi connectivity index (χ2v) is 16.2. The average molecular weight is 792 g/mol. The van der Waals surface area contributed by atoms with Gasteiger partial charge in [0.15, 0.2) is 5.65 Å². The summed E-state index contributed by atoms with van der Waals surface area (Å²) in [6, 6.07) is 20.9. The molecule has 2 aliphatic rings. The van der Waals surface area contributed by atoms with E-state index in [1.165, 1.54) is 22.2 Å². The molecule has 0 radical (unpaired) electrons. The van der Waals surface area contributed by atoms with Crippen molar-refractivity contribution in [3.05, 3.63) is 123 Å². The highest BCUT2D eigenvalue weighted by molar-refractivity contribution is 7.17. The van der Waals surface area contributed by atoms with Crippen molar-refractivity contribution in [2.75, 3.05) is 33.3 Å². The Morgan fingerprint density at radius 1 is 1.00 bits per heavy atom. The van der Waals surface area contributed by atoms with E-state index >= 15 is 0 Å². The normalized spacial score (nSPS) is 18.3. The minimum Gasteiger partial charge on any atom is -0.495 e. The molecule has 288 valence electrons. The first-order valence-electron chi connectivity index (χ1n) is 18.7. The van der Waals surface area contributed by atoms with E-state index in [0.717, 1.165) is 27.5 Å². The molecule has 2 fully saturated rings. The lowest BCUT2D eigenvalue weighted by Gasteiger charge is -2.43. The van der Waals surface area contributed by atoms with E-state index < -0.39 is 5.60 Å². The van der Waals surface area contributed by atoms with Crippen LogP contribution in [0.25, 0.3) is 27.3 Å². The van der Waals surface area contributed by atoms with Gasteiger partial charge in [-0.2, -0.15) is 0 Å². The number of piperidine rings is 2. The van der Waals surface area contributed by atoms with Crippen LogP contribution in [-0.2, 0) is 11.3 Å². The van der Waals surface area contributed by atoms with Gasteiger partial charge in [0.2, 0.25) is 5.91 Å². The molecule has 0 unspecified atom stereocenters. The number of amides is 2. The maximum absolute atomic E-state index is 14.3. The molecule has 2 atom stereocenters. The molecule has 8 rings (SSSR count). The summed E-state index contributed by atoms with van der Waals surface area (Å²) in [6.07, 6.45) is 6.16. The largest absolute Gasteiger partial charge is 0.495 e. The molecule has 2 aromatic carbocycles. The Bertz CT molecular complexity index is 2470. The molecule has 0 spiro atoms. The first kappa shape index (κ1) is 37.5. The molecule has 12 nitrogen and oxygen atoms in total. The minimum atomic E-state index is -1.20. The SMILES string of the molecule is COc1cc(-n2ccc3c(=O)n(CC4(O)CCN(C(=O)[C@@H]5CCN(C(=O)c6sc(-c7ccc(C)nc7)nc6C)C[C@H]5c5ccccc5)CC4)cnc32)ccc1Cl. The van der Waals surface area contributed by atoms with Gasteiger partial charge in [0.1, 0.15) is 22.0 Å². The lowest BCUT2D eigenvalue weighted by Crippen LogP contribution is -2.53. The topological polar surface area (TPSA) is 136 Å². The number of ether oxygens (including phenoxy) is 1. The number of fused-ring (bicyclic) bond motifs is 1. The molecule has 56 heavy (non-hydrogen) atoms. The predicted molar refractivity (Wildman–Crippen MR) is 216 cm³/mol. The van der Waals surface area contributed by atoms with Crippen LogP contribution in [0.5, 0.6) is 5.75 Å². The maximum atomic E-state index is 14.3. The fourth-order valence-electron chi connectivity index (χ4n) is 7.95. The number of nitrogens with zero attached hydrogens (tertiary/aromatic N) is 7. The first-order valence-corrected chi connectivity index (χ1v) is 19.9. The van der Waals surface area contributed by atoms with Crippen molar-refractivity contribution < 1.29 is 19.4 Å². The van der Waals surface area contributed by atoms with Gasteiger partial charge in [0.05, 0.1) is 41.0 Å². The molecule has 0 saturated carbocycles. The van der Waals surface area contributed by atoms with E-state index in [9.17, 15) is 19.5 Å². The molecule has 1 N–H and O–H groups in total. The van der Waals surface area contributed by atoms with Crippen LogP contribution in [0.2, 0.25) is 5.02 Å². The van der Waals surface area contributed by atoms with E-state index in [4.69, 9.17) is 21.3 Å². The second kappa shape index (κ2) is 15.3. The molecule has 14 heteroatoms. The van der Waals surface area contributed by atoms with Crippen LogP contribution in [-0.4, -0.2) is 89.7 Å². The monoisotopic (exact) mass is 791 g/mol. The number of rotatable bonds is 8. The van der Waals surface area contributed by atoms with Crippen LogP contribution in [0, 0.1) is 19.8 Å². The zero-order valence-electron chi connectivity index (χ0n) is 31.4. The van der Waals surface area contributed by atoms with Gasteiger partial charge in [0, 0.05) is 67.7 Å². The van der Waals surface area contributed by atoms with Crippen LogP contribution in [0.1, 0.15) is 51.8 Å². The smallest absolute Gasteiger partial charge is 0.265 e. The van der Waals surface area contributed by atoms with Crippen molar-refractivity contribution in [3.8, 4) is 22.0 Å². The lowest BCUT2D eigenvalue weighted by molar-refractivity contribution is -0.142. The first-order chi connectivity index (χ1) is 27.0. The van der Waals surface area contributed by atoms with Crippen LogP contribution in [0.3, 0.4) is 0 Å². The van der Waals surface area contributed by atoms with Gasteiger partial charge >= 0.3 is 0 Å². The van der Waals surface area contributed by atoms with Crippen molar-refractivity contribution in [1.82, 2.24) is 33.9 Å². The van der Waals surface area contributed by atoms with E-state index in [0.29, 0.717) is 77.8 Å². The number of likely N-dealkylation sites (tertiary alicyclic amines) is 2. The molecule has 6 heterocycles. The van der Waals surface area contributed by atoms with E-state index in [1.54, 1.807) is 42.3 Å². The summed E-state index contributed by atoms with van der Waals surface area (Å²) >= 11 is 7.59. The zero-order valence-corrected chi connectivity index (χ0v) is 33.0. The third-order valence-electron chi connectivity index (χ3n) is 11.1. The number of thiazole rings is 1. The quantitative estimate of drug-likeness (QED) is 0.190. The van der Waals surface area contributed by atoms with Crippen LogP contribution in [0.15, 0.2) is 90.2 Å². The number of benzene rings is 2. The Labute approximate surface area is 333 Å². The molecule has 6 aromatic rings. The van der Waals surface area contributed by atoms with Gasteiger partial charge in [-0.15, -0.1) is 11.3 Å². The summed E-state index contributed by atoms with van der Waals surface area (Å²) in [6.45, 7) is 5.41. The van der Waals surface area contributed by atoms with Crippen molar-refractivity contribution in [3.63, 3.8) is 0 Å². The van der Waals surface area contributed by atoms with E-state index in [1.807, 2.05) is 72.2 Å². The number of halogens is 1. The number of aromatic nitrogens is 5. The Balaban J connectivity index is 0.950. The molecule has 2 saturated heterocycles. The number of aryl methyl sites for hydroxylation is 2. The summed E-state index contributed by atoms with van der Waals surface area (Å²) in [5.41, 5.74) is 3.25. The molecule has 2 amide bonds. The molecule has 0 aliphatic carbocycles. The molecule has 2 aliphatic heterocycles. The van der Waals surface area contributed by atoms with Gasteiger partial charge in [-0.1, -0.05) is 41.9 Å². The fourth-order valence-corrected chi connectivity index (χ4v) is 9.17. The third-order valence-corrected chi connectivity index (χ3v) is 12.7. The average Bonchev–Trinajstić information content (AvgIpc) is 3.83. The van der Waals surface area contributed by atoms with Crippen molar-refractivity contribution in [2.24, 2.45) is 5.92 Å². The Morgan fingerprint density at radius 3 is 2.52 bits per heavy atom.